The predicted molar refractivity (Wildman–Crippen MR) is 212 cm³/mol. The van der Waals surface area contributed by atoms with Crippen LogP contribution in [0.5, 0.6) is 11.5 Å². The van der Waals surface area contributed by atoms with E-state index in [4.69, 9.17) is 33.8 Å². The molecule has 10 heteroatoms. The normalized spacial score (nSPS) is 35.3. The van der Waals surface area contributed by atoms with Gasteiger partial charge in [-0.15, -0.1) is 12.4 Å². The molecule has 6 aliphatic carbocycles. The summed E-state index contributed by atoms with van der Waals surface area (Å²) in [7, 11) is 2.98. The third-order valence-corrected chi connectivity index (χ3v) is 14.1. The number of hydrogen-bond donors (Lipinski definition) is 1. The number of halogens is 1. The molecule has 2 saturated heterocycles. The Morgan fingerprint density at radius 1 is 0.667 bits per heavy atom. The van der Waals surface area contributed by atoms with Crippen LogP contribution in [0.2, 0.25) is 5.82 Å². The maximum Gasteiger partial charge on any atom is 0.475 e. The summed E-state index contributed by atoms with van der Waals surface area (Å²) in [4.78, 5) is 0. The topological polar surface area (TPSA) is 81.4 Å². The maximum atomic E-state index is 6.57. The molecular weight excluding hydrogens is 660 g/mol. The molecule has 2 aromatic rings. The van der Waals surface area contributed by atoms with Gasteiger partial charge in [0.05, 0.1) is 37.6 Å². The van der Waals surface area contributed by atoms with Gasteiger partial charge in [0.1, 0.15) is 11.5 Å². The molecule has 7 nitrogen and oxygen atoms in total. The third kappa shape index (κ3) is 7.14. The maximum absolute atomic E-state index is 6.57. The van der Waals surface area contributed by atoms with Gasteiger partial charge in [0, 0.05) is 5.94 Å². The summed E-state index contributed by atoms with van der Waals surface area (Å²) in [6.07, 6.45) is 7.02. The van der Waals surface area contributed by atoms with Gasteiger partial charge < -0.3 is 33.8 Å². The van der Waals surface area contributed by atoms with Crippen LogP contribution in [0, 0.1) is 34.5 Å². The van der Waals surface area contributed by atoms with Crippen molar-refractivity contribution >= 4 is 26.6 Å². The van der Waals surface area contributed by atoms with Crippen LogP contribution in [0.25, 0.3) is 0 Å². The Morgan fingerprint density at radius 3 is 1.47 bits per heavy atom. The monoisotopic (exact) mass is 725 g/mol. The Morgan fingerprint density at radius 2 is 1.06 bits per heavy atom. The van der Waals surface area contributed by atoms with E-state index in [9.17, 15) is 0 Å². The Kier molecular flexibility index (Phi) is 12.5. The van der Waals surface area contributed by atoms with Crippen molar-refractivity contribution in [2.45, 2.75) is 137 Å². The summed E-state index contributed by atoms with van der Waals surface area (Å²) in [5.41, 5.74) is 9.42. The van der Waals surface area contributed by atoms with Gasteiger partial charge in [0.15, 0.2) is 0 Å². The van der Waals surface area contributed by atoms with Crippen LogP contribution < -0.4 is 15.2 Å². The molecule has 0 amide bonds. The second-order valence-corrected chi connectivity index (χ2v) is 17.4. The minimum Gasteiger partial charge on any atom is -0.497 e. The highest BCUT2D eigenvalue weighted by molar-refractivity contribution is 6.47. The molecule has 284 valence electrons. The van der Waals surface area contributed by atoms with E-state index in [0.29, 0.717) is 28.5 Å². The zero-order valence-electron chi connectivity index (χ0n) is 31.1. The third-order valence-electron chi connectivity index (χ3n) is 14.1. The first-order valence-electron chi connectivity index (χ1n) is 18.4. The second kappa shape index (κ2) is 15.2. The lowest BCUT2D eigenvalue weighted by atomic mass is 9.43. The summed E-state index contributed by atoms with van der Waals surface area (Å²) >= 11 is 0. The van der Waals surface area contributed by atoms with Crippen LogP contribution in [0.3, 0.4) is 0 Å². The van der Waals surface area contributed by atoms with Crippen LogP contribution in [0.1, 0.15) is 100 Å². The standard InChI is InChI=1S/C20H29BO3.C19H28BNO3.2CH4.ClH/c1-13(10-14-6-8-16(22-5)9-7-14)21-23-18-12-15-11-17(19(15,2)3)20(18,4)24-21;1-18(2)13-10-15(18)19(3)16(11-13)23-20(24-19)17(21)9-12-5-7-14(22-4)8-6-12;;;/h6-9,13,15,17-18H,10-12H2,1-5H3;5-8,13,15-17H,9-11,21H2,1-4H3;2*1H4;1H/t13-,15-,17-,18+,20-;13-,15-,16+,17-,19-;;;/m00.../s1. The van der Waals surface area contributed by atoms with Gasteiger partial charge in [-0.05, 0) is 128 Å². The zero-order valence-corrected chi connectivity index (χ0v) is 31.9. The average molecular weight is 726 g/mol. The van der Waals surface area contributed by atoms with E-state index in [0.717, 1.165) is 49.0 Å². The largest absolute Gasteiger partial charge is 0.497 e. The number of nitrogens with two attached hydrogens (primary N) is 1. The van der Waals surface area contributed by atoms with Crippen molar-refractivity contribution in [3.8, 4) is 11.5 Å². The van der Waals surface area contributed by atoms with Crippen molar-refractivity contribution in [1.82, 2.24) is 0 Å². The number of hydrogen-bond acceptors (Lipinski definition) is 7. The van der Waals surface area contributed by atoms with Gasteiger partial charge in [-0.2, -0.15) is 0 Å². The molecule has 2 N–H and O–H groups in total. The molecule has 2 heterocycles. The van der Waals surface area contributed by atoms with Crippen LogP contribution in [0.4, 0.5) is 0 Å². The van der Waals surface area contributed by atoms with Crippen LogP contribution >= 0.6 is 12.4 Å². The van der Waals surface area contributed by atoms with Crippen molar-refractivity contribution in [3.05, 3.63) is 59.7 Å². The number of ether oxygens (including phenoxy) is 2. The molecule has 10 atom stereocenters. The smallest absolute Gasteiger partial charge is 0.475 e. The summed E-state index contributed by atoms with van der Waals surface area (Å²) in [5, 5.41) is 0. The van der Waals surface area contributed by atoms with Crippen molar-refractivity contribution in [2.75, 3.05) is 14.2 Å². The molecule has 51 heavy (non-hydrogen) atoms. The number of methoxy groups -OCH3 is 2. The lowest BCUT2D eigenvalue weighted by Crippen LogP contribution is -2.65. The summed E-state index contributed by atoms with van der Waals surface area (Å²) in [5.74, 6) is 4.74. The number of rotatable bonds is 8. The summed E-state index contributed by atoms with van der Waals surface area (Å²) < 4.78 is 36.1. The molecule has 2 aromatic carbocycles. The quantitative estimate of drug-likeness (QED) is 0.273. The molecule has 0 unspecified atom stereocenters. The molecule has 0 spiro atoms. The van der Waals surface area contributed by atoms with Gasteiger partial charge in [0.25, 0.3) is 0 Å². The van der Waals surface area contributed by atoms with Gasteiger partial charge in [-0.3, -0.25) is 0 Å². The van der Waals surface area contributed by atoms with E-state index in [1.807, 2.05) is 24.3 Å². The fourth-order valence-electron chi connectivity index (χ4n) is 10.6. The van der Waals surface area contributed by atoms with E-state index >= 15 is 0 Å². The highest BCUT2D eigenvalue weighted by Crippen LogP contribution is 2.67. The molecule has 6 saturated carbocycles. The van der Waals surface area contributed by atoms with Crippen LogP contribution in [-0.4, -0.2) is 57.8 Å². The molecule has 0 aromatic heterocycles. The van der Waals surface area contributed by atoms with Crippen molar-refractivity contribution in [2.24, 2.45) is 40.2 Å². The second-order valence-electron chi connectivity index (χ2n) is 17.4. The van der Waals surface area contributed by atoms with Crippen molar-refractivity contribution in [1.29, 1.82) is 0 Å². The SMILES string of the molecule is C.C.COc1ccc(C[C@H](C)B2O[C@@H]3C[C@@H]4C[C@@H](C4(C)C)[C@]3(C)O2)cc1.COc1ccc(C[C@H](N)B2O[C@@H]3C[C@@H]4C[C@@H](C4(C)C)[C@]3(C)O2)cc1.Cl. The fraction of sp³-hybridized carbons (Fsp3) is 0.707. The summed E-state index contributed by atoms with van der Waals surface area (Å²) in [6.45, 7) is 16.3. The van der Waals surface area contributed by atoms with Gasteiger partial charge >= 0.3 is 14.2 Å². The molecule has 10 rings (SSSR count). The van der Waals surface area contributed by atoms with Crippen molar-refractivity contribution in [3.63, 3.8) is 0 Å². The highest BCUT2D eigenvalue weighted by atomic mass is 35.5. The zero-order chi connectivity index (χ0) is 34.2. The van der Waals surface area contributed by atoms with Crippen LogP contribution in [-0.2, 0) is 31.5 Å². The summed E-state index contributed by atoms with van der Waals surface area (Å²) in [6, 6.07) is 16.4. The Bertz CT molecular complexity index is 1350. The fourth-order valence-corrected chi connectivity index (χ4v) is 10.6. The minimum atomic E-state index is -0.308. The van der Waals surface area contributed by atoms with Gasteiger partial charge in [0.2, 0.25) is 0 Å². The van der Waals surface area contributed by atoms with E-state index in [1.165, 1.54) is 24.0 Å². The van der Waals surface area contributed by atoms with E-state index in [-0.39, 0.29) is 70.8 Å². The Hall–Kier alpha value is -1.74. The molecule has 0 radical (unpaired) electrons. The van der Waals surface area contributed by atoms with Crippen molar-refractivity contribution < 1.29 is 28.1 Å². The van der Waals surface area contributed by atoms with Gasteiger partial charge in [-0.1, -0.05) is 73.7 Å². The lowest BCUT2D eigenvalue weighted by molar-refractivity contribution is -0.199. The molecule has 4 bridgehead atoms. The Balaban J connectivity index is 0.000000216. The average Bonchev–Trinajstić information content (AvgIpc) is 3.62. The minimum absolute atomic E-state index is 0. The number of benzene rings is 2. The van der Waals surface area contributed by atoms with E-state index in [2.05, 4.69) is 72.7 Å². The molecule has 8 fully saturated rings. The molecule has 2 aliphatic heterocycles. The van der Waals surface area contributed by atoms with Crippen LogP contribution in [0.15, 0.2) is 48.5 Å². The first-order chi connectivity index (χ1) is 22.7. The van der Waals surface area contributed by atoms with E-state index in [1.54, 1.807) is 14.2 Å². The first kappa shape index (κ1) is 42.0. The molecular formula is C41H66B2ClNO6. The van der Waals surface area contributed by atoms with Gasteiger partial charge in [-0.25, -0.2) is 0 Å². The van der Waals surface area contributed by atoms with E-state index < -0.39 is 0 Å². The highest BCUT2D eigenvalue weighted by Gasteiger charge is 2.69. The molecule has 8 aliphatic rings. The Labute approximate surface area is 316 Å². The predicted octanol–water partition coefficient (Wildman–Crippen LogP) is 8.88. The first-order valence-corrected chi connectivity index (χ1v) is 18.4. The lowest BCUT2D eigenvalue weighted by Gasteiger charge is -2.64.